The molecule has 17 heavy (non-hydrogen) atoms. The molecule has 0 saturated heterocycles. The van der Waals surface area contributed by atoms with E-state index in [0.29, 0.717) is 13.0 Å². The van der Waals surface area contributed by atoms with Crippen LogP contribution >= 0.6 is 0 Å². The lowest BCUT2D eigenvalue weighted by Gasteiger charge is -2.31. The van der Waals surface area contributed by atoms with Crippen LogP contribution in [0.25, 0.3) is 0 Å². The van der Waals surface area contributed by atoms with Crippen molar-refractivity contribution in [3.63, 3.8) is 0 Å². The van der Waals surface area contributed by atoms with Gasteiger partial charge in [-0.25, -0.2) is 17.6 Å². The lowest BCUT2D eigenvalue weighted by molar-refractivity contribution is 0.0362. The SMILES string of the molecule is CCCNC(C)(c1cc(F)ccc1F)C(F)F. The third-order valence-corrected chi connectivity index (χ3v) is 2.67. The standard InChI is InChI=1S/C12H15F4N/c1-3-6-17-12(2,11(15)16)9-7-8(13)4-5-10(9)14/h4-5,7,11,17H,3,6H2,1-2H3. The van der Waals surface area contributed by atoms with Crippen molar-refractivity contribution in [2.24, 2.45) is 0 Å². The van der Waals surface area contributed by atoms with Gasteiger partial charge in [-0.1, -0.05) is 6.92 Å². The first-order chi connectivity index (χ1) is 7.91. The highest BCUT2D eigenvalue weighted by Crippen LogP contribution is 2.30. The molecule has 1 nitrogen and oxygen atoms in total. The van der Waals surface area contributed by atoms with Gasteiger partial charge in [-0.2, -0.15) is 0 Å². The second kappa shape index (κ2) is 5.49. The number of hydrogen-bond donors (Lipinski definition) is 1. The average Bonchev–Trinajstić information content (AvgIpc) is 2.29. The number of rotatable bonds is 5. The zero-order chi connectivity index (χ0) is 13.1. The largest absolute Gasteiger partial charge is 0.303 e. The summed E-state index contributed by atoms with van der Waals surface area (Å²) in [5.74, 6) is -1.57. The second-order valence-electron chi connectivity index (χ2n) is 4.05. The van der Waals surface area contributed by atoms with Crippen LogP contribution in [0.5, 0.6) is 0 Å². The minimum atomic E-state index is -2.83. The van der Waals surface area contributed by atoms with Crippen molar-refractivity contribution in [1.29, 1.82) is 0 Å². The van der Waals surface area contributed by atoms with Gasteiger partial charge in [0.25, 0.3) is 6.43 Å². The van der Waals surface area contributed by atoms with E-state index in [1.807, 2.05) is 0 Å². The summed E-state index contributed by atoms with van der Waals surface area (Å²) in [6.07, 6.45) is -2.20. The molecule has 0 bridgehead atoms. The molecular weight excluding hydrogens is 234 g/mol. The van der Waals surface area contributed by atoms with Gasteiger partial charge in [0.05, 0.1) is 0 Å². The molecule has 0 aromatic heterocycles. The molecule has 1 N–H and O–H groups in total. The van der Waals surface area contributed by atoms with E-state index in [0.717, 1.165) is 18.2 Å². The van der Waals surface area contributed by atoms with Crippen molar-refractivity contribution >= 4 is 0 Å². The Morgan fingerprint density at radius 1 is 1.29 bits per heavy atom. The second-order valence-corrected chi connectivity index (χ2v) is 4.05. The molecule has 0 amide bonds. The fourth-order valence-corrected chi connectivity index (χ4v) is 1.57. The fourth-order valence-electron chi connectivity index (χ4n) is 1.57. The Bertz CT molecular complexity index is 381. The minimum Gasteiger partial charge on any atom is -0.303 e. The molecule has 1 unspecified atom stereocenters. The number of alkyl halides is 2. The fraction of sp³-hybridized carbons (Fsp3) is 0.500. The summed E-state index contributed by atoms with van der Waals surface area (Å²) >= 11 is 0. The van der Waals surface area contributed by atoms with E-state index in [-0.39, 0.29) is 5.56 Å². The van der Waals surface area contributed by atoms with Gasteiger partial charge in [-0.05, 0) is 38.1 Å². The maximum absolute atomic E-state index is 13.5. The highest BCUT2D eigenvalue weighted by atomic mass is 19.3. The smallest absolute Gasteiger partial charge is 0.260 e. The van der Waals surface area contributed by atoms with E-state index in [1.165, 1.54) is 6.92 Å². The molecule has 0 fully saturated rings. The van der Waals surface area contributed by atoms with Crippen LogP contribution < -0.4 is 5.32 Å². The van der Waals surface area contributed by atoms with Gasteiger partial charge >= 0.3 is 0 Å². The first-order valence-electron chi connectivity index (χ1n) is 5.40. The Balaban J connectivity index is 3.17. The molecule has 5 heteroatoms. The summed E-state index contributed by atoms with van der Waals surface area (Å²) < 4.78 is 52.6. The van der Waals surface area contributed by atoms with Crippen LogP contribution in [-0.2, 0) is 5.54 Å². The maximum Gasteiger partial charge on any atom is 0.260 e. The minimum absolute atomic E-state index is 0.302. The quantitative estimate of drug-likeness (QED) is 0.788. The maximum atomic E-state index is 13.5. The van der Waals surface area contributed by atoms with Crippen molar-refractivity contribution in [2.75, 3.05) is 6.54 Å². The summed E-state index contributed by atoms with van der Waals surface area (Å²) in [6.45, 7) is 3.28. The molecule has 0 radical (unpaired) electrons. The monoisotopic (exact) mass is 249 g/mol. The Morgan fingerprint density at radius 2 is 1.94 bits per heavy atom. The van der Waals surface area contributed by atoms with Crippen LogP contribution in [0.15, 0.2) is 18.2 Å². The van der Waals surface area contributed by atoms with Crippen LogP contribution in [0.3, 0.4) is 0 Å². The van der Waals surface area contributed by atoms with Crippen molar-refractivity contribution in [3.05, 3.63) is 35.4 Å². The summed E-state index contributed by atoms with van der Waals surface area (Å²) in [6, 6.07) is 2.58. The molecule has 0 aliphatic rings. The number of benzene rings is 1. The van der Waals surface area contributed by atoms with Gasteiger partial charge in [0.2, 0.25) is 0 Å². The van der Waals surface area contributed by atoms with Crippen molar-refractivity contribution in [3.8, 4) is 0 Å². The molecule has 1 atom stereocenters. The predicted octanol–water partition coefficient (Wildman–Crippen LogP) is 3.44. The molecule has 0 aliphatic carbocycles. The molecule has 1 rings (SSSR count). The lowest BCUT2D eigenvalue weighted by atomic mass is 9.91. The van der Waals surface area contributed by atoms with Crippen LogP contribution in [0, 0.1) is 11.6 Å². The Labute approximate surface area is 97.8 Å². The predicted molar refractivity (Wildman–Crippen MR) is 58.0 cm³/mol. The first-order valence-corrected chi connectivity index (χ1v) is 5.40. The van der Waals surface area contributed by atoms with Crippen molar-refractivity contribution < 1.29 is 17.6 Å². The zero-order valence-electron chi connectivity index (χ0n) is 9.74. The van der Waals surface area contributed by atoms with Crippen molar-refractivity contribution in [2.45, 2.75) is 32.2 Å². The third-order valence-electron chi connectivity index (χ3n) is 2.67. The number of nitrogens with one attached hydrogen (secondary N) is 1. The van der Waals surface area contributed by atoms with Crippen molar-refractivity contribution in [1.82, 2.24) is 5.32 Å². The number of hydrogen-bond acceptors (Lipinski definition) is 1. The highest BCUT2D eigenvalue weighted by Gasteiger charge is 2.38. The van der Waals surface area contributed by atoms with Gasteiger partial charge in [0.1, 0.15) is 17.2 Å². The van der Waals surface area contributed by atoms with E-state index >= 15 is 0 Å². The van der Waals surface area contributed by atoms with Crippen LogP contribution in [0.1, 0.15) is 25.8 Å². The molecule has 1 aromatic carbocycles. The topological polar surface area (TPSA) is 12.0 Å². The highest BCUT2D eigenvalue weighted by molar-refractivity contribution is 5.27. The summed E-state index contributed by atoms with van der Waals surface area (Å²) in [5, 5.41) is 2.57. The summed E-state index contributed by atoms with van der Waals surface area (Å²) in [7, 11) is 0. The van der Waals surface area contributed by atoms with E-state index in [4.69, 9.17) is 0 Å². The Morgan fingerprint density at radius 3 is 2.47 bits per heavy atom. The van der Waals surface area contributed by atoms with E-state index in [2.05, 4.69) is 5.32 Å². The van der Waals surface area contributed by atoms with Gasteiger partial charge in [0.15, 0.2) is 0 Å². The van der Waals surface area contributed by atoms with E-state index < -0.39 is 23.6 Å². The van der Waals surface area contributed by atoms with Gasteiger partial charge < -0.3 is 5.32 Å². The number of halogens is 4. The first kappa shape index (κ1) is 14.0. The molecule has 0 spiro atoms. The normalized spacial score (nSPS) is 15.0. The molecular formula is C12H15F4N. The van der Waals surface area contributed by atoms with Gasteiger partial charge in [-0.3, -0.25) is 0 Å². The van der Waals surface area contributed by atoms with Crippen LogP contribution in [-0.4, -0.2) is 13.0 Å². The summed E-state index contributed by atoms with van der Waals surface area (Å²) in [5.41, 5.74) is -2.22. The molecule has 96 valence electrons. The van der Waals surface area contributed by atoms with Gasteiger partial charge in [0, 0.05) is 5.56 Å². The molecule has 0 heterocycles. The Kier molecular flexibility index (Phi) is 4.51. The van der Waals surface area contributed by atoms with Crippen LogP contribution in [0.2, 0.25) is 0 Å². The van der Waals surface area contributed by atoms with Gasteiger partial charge in [-0.15, -0.1) is 0 Å². The molecule has 1 aromatic rings. The lowest BCUT2D eigenvalue weighted by Crippen LogP contribution is -2.46. The molecule has 0 aliphatic heterocycles. The Hall–Kier alpha value is -1.10. The summed E-state index contributed by atoms with van der Waals surface area (Å²) in [4.78, 5) is 0. The van der Waals surface area contributed by atoms with E-state index in [9.17, 15) is 17.6 Å². The zero-order valence-corrected chi connectivity index (χ0v) is 9.74. The molecule has 0 saturated carbocycles. The van der Waals surface area contributed by atoms with Crippen LogP contribution in [0.4, 0.5) is 17.6 Å². The van der Waals surface area contributed by atoms with E-state index in [1.54, 1.807) is 6.92 Å². The third kappa shape index (κ3) is 2.97. The average molecular weight is 249 g/mol.